The third kappa shape index (κ3) is 5.83. The van der Waals surface area contributed by atoms with Crippen LogP contribution in [0.15, 0.2) is 36.4 Å². The maximum absolute atomic E-state index is 12.1. The summed E-state index contributed by atoms with van der Waals surface area (Å²) in [6, 6.07) is 7.05. The van der Waals surface area contributed by atoms with E-state index >= 15 is 0 Å². The van der Waals surface area contributed by atoms with Gasteiger partial charge < -0.3 is 10.1 Å². The highest BCUT2D eigenvalue weighted by molar-refractivity contribution is 6.34. The molecule has 0 saturated heterocycles. The smallest absolute Gasteiger partial charge is 0.321 e. The topological polar surface area (TPSA) is 111 Å². The number of benzene rings is 2. The molecule has 2 aromatic carbocycles. The minimum atomic E-state index is -0.784. The molecule has 3 amide bonds. The molecule has 0 spiro atoms. The van der Waals surface area contributed by atoms with Gasteiger partial charge in [-0.1, -0.05) is 23.2 Å². The van der Waals surface area contributed by atoms with Gasteiger partial charge in [-0.3, -0.25) is 20.2 Å². The summed E-state index contributed by atoms with van der Waals surface area (Å²) in [7, 11) is 0. The average molecular weight is 412 g/mol. The van der Waals surface area contributed by atoms with Crippen LogP contribution in [-0.4, -0.2) is 22.9 Å². The number of nitrogens with one attached hydrogen (secondary N) is 2. The van der Waals surface area contributed by atoms with Crippen molar-refractivity contribution in [3.8, 4) is 11.5 Å². The highest BCUT2D eigenvalue weighted by Gasteiger charge is 2.21. The number of carbonyl (C=O) groups is 2. The maximum atomic E-state index is 12.1. The summed E-state index contributed by atoms with van der Waals surface area (Å²) in [6.07, 6.45) is 0. The monoisotopic (exact) mass is 411 g/mol. The normalized spacial score (nSPS) is 10.4. The summed E-state index contributed by atoms with van der Waals surface area (Å²) in [4.78, 5) is 34.4. The quantitative estimate of drug-likeness (QED) is 0.553. The van der Waals surface area contributed by atoms with Crippen LogP contribution in [0.1, 0.15) is 24.2 Å². The number of amides is 3. The summed E-state index contributed by atoms with van der Waals surface area (Å²) in [5, 5.41) is 16.5. The predicted molar refractivity (Wildman–Crippen MR) is 101 cm³/mol. The lowest BCUT2D eigenvalue weighted by atomic mass is 10.1. The van der Waals surface area contributed by atoms with E-state index < -0.39 is 22.5 Å². The molecule has 0 saturated carbocycles. The Morgan fingerprint density at radius 1 is 1.11 bits per heavy atom. The van der Waals surface area contributed by atoms with Crippen LogP contribution in [0.3, 0.4) is 0 Å². The Balaban J connectivity index is 2.27. The fourth-order valence-electron chi connectivity index (χ4n) is 2.08. The largest absolute Gasteiger partial charge is 0.450 e. The van der Waals surface area contributed by atoms with Gasteiger partial charge in [0, 0.05) is 27.7 Å². The molecule has 0 bridgehead atoms. The summed E-state index contributed by atoms with van der Waals surface area (Å²) in [5.74, 6) is -0.695. The highest BCUT2D eigenvalue weighted by atomic mass is 35.5. The number of halogens is 2. The SMILES string of the molecule is CC(C)NC(=O)NC(=O)c1ccc(Oc2cc(Cl)cc(Cl)c2)c([N+](=O)[O-])c1. The zero-order valence-corrected chi connectivity index (χ0v) is 15.8. The van der Waals surface area contributed by atoms with Crippen molar-refractivity contribution in [2.75, 3.05) is 0 Å². The van der Waals surface area contributed by atoms with Crippen LogP contribution in [0.5, 0.6) is 11.5 Å². The number of nitro groups is 1. The van der Waals surface area contributed by atoms with Crippen LogP contribution < -0.4 is 15.4 Å². The first-order valence-electron chi connectivity index (χ1n) is 7.70. The Morgan fingerprint density at radius 2 is 1.74 bits per heavy atom. The van der Waals surface area contributed by atoms with Crippen molar-refractivity contribution in [2.24, 2.45) is 0 Å². The molecule has 0 aliphatic carbocycles. The van der Waals surface area contributed by atoms with Gasteiger partial charge in [-0.15, -0.1) is 0 Å². The standard InChI is InChI=1S/C17H15Cl2N3O5/c1-9(2)20-17(24)21-16(23)10-3-4-15(14(5-10)22(25)26)27-13-7-11(18)6-12(19)8-13/h3-9H,1-2H3,(H2,20,21,23,24). The van der Waals surface area contributed by atoms with Gasteiger partial charge in [0.2, 0.25) is 5.75 Å². The number of urea groups is 1. The van der Waals surface area contributed by atoms with E-state index in [4.69, 9.17) is 27.9 Å². The van der Waals surface area contributed by atoms with Crippen LogP contribution >= 0.6 is 23.2 Å². The molecule has 0 fully saturated rings. The van der Waals surface area contributed by atoms with E-state index in [0.29, 0.717) is 10.0 Å². The molecule has 0 radical (unpaired) electrons. The van der Waals surface area contributed by atoms with Gasteiger partial charge in [-0.05, 0) is 44.2 Å². The molecule has 0 heterocycles. The molecule has 27 heavy (non-hydrogen) atoms. The molecular weight excluding hydrogens is 397 g/mol. The summed E-state index contributed by atoms with van der Waals surface area (Å²) in [6.45, 7) is 3.45. The van der Waals surface area contributed by atoms with Crippen molar-refractivity contribution in [2.45, 2.75) is 19.9 Å². The number of hydrogen-bond donors (Lipinski definition) is 2. The molecule has 2 aromatic rings. The zero-order chi connectivity index (χ0) is 20.1. The van der Waals surface area contributed by atoms with Gasteiger partial charge in [0.1, 0.15) is 5.75 Å². The second kappa shape index (κ2) is 8.70. The molecule has 8 nitrogen and oxygen atoms in total. The lowest BCUT2D eigenvalue weighted by Gasteiger charge is -2.10. The lowest BCUT2D eigenvalue weighted by Crippen LogP contribution is -2.42. The number of nitro benzene ring substituents is 1. The minimum Gasteiger partial charge on any atom is -0.450 e. The van der Waals surface area contributed by atoms with E-state index in [2.05, 4.69) is 10.6 Å². The zero-order valence-electron chi connectivity index (χ0n) is 14.3. The Hall–Kier alpha value is -2.84. The Morgan fingerprint density at radius 3 is 2.30 bits per heavy atom. The van der Waals surface area contributed by atoms with Crippen LogP contribution in [0.4, 0.5) is 10.5 Å². The minimum absolute atomic E-state index is 0.0721. The van der Waals surface area contributed by atoms with E-state index in [1.165, 1.54) is 30.3 Å². The van der Waals surface area contributed by atoms with Crippen LogP contribution in [0.25, 0.3) is 0 Å². The molecule has 0 aliphatic rings. The maximum Gasteiger partial charge on any atom is 0.321 e. The second-order valence-electron chi connectivity index (χ2n) is 5.73. The summed E-state index contributed by atoms with van der Waals surface area (Å²) in [5.41, 5.74) is -0.528. The first kappa shape index (κ1) is 20.5. The Kier molecular flexibility index (Phi) is 6.59. The van der Waals surface area contributed by atoms with Crippen molar-refractivity contribution < 1.29 is 19.2 Å². The van der Waals surface area contributed by atoms with Crippen LogP contribution in [0.2, 0.25) is 10.0 Å². The van der Waals surface area contributed by atoms with Gasteiger partial charge in [0.15, 0.2) is 0 Å². The fraction of sp³-hybridized carbons (Fsp3) is 0.176. The van der Waals surface area contributed by atoms with E-state index in [1.807, 2.05) is 0 Å². The van der Waals surface area contributed by atoms with Crippen molar-refractivity contribution in [3.63, 3.8) is 0 Å². The predicted octanol–water partition coefficient (Wildman–Crippen LogP) is 4.54. The summed E-state index contributed by atoms with van der Waals surface area (Å²) < 4.78 is 5.48. The van der Waals surface area contributed by atoms with Gasteiger partial charge in [-0.25, -0.2) is 4.79 Å². The number of carbonyl (C=O) groups excluding carboxylic acids is 2. The van der Waals surface area contributed by atoms with E-state index in [1.54, 1.807) is 13.8 Å². The molecule has 10 heteroatoms. The van der Waals surface area contributed by atoms with Crippen molar-refractivity contribution >= 4 is 40.8 Å². The van der Waals surface area contributed by atoms with Crippen molar-refractivity contribution in [3.05, 3.63) is 62.1 Å². The van der Waals surface area contributed by atoms with Crippen LogP contribution in [-0.2, 0) is 0 Å². The second-order valence-corrected chi connectivity index (χ2v) is 6.60. The lowest BCUT2D eigenvalue weighted by molar-refractivity contribution is -0.385. The number of hydrogen-bond acceptors (Lipinski definition) is 5. The number of ether oxygens (including phenoxy) is 1. The molecule has 0 aromatic heterocycles. The third-order valence-corrected chi connectivity index (χ3v) is 3.56. The van der Waals surface area contributed by atoms with Crippen molar-refractivity contribution in [1.29, 1.82) is 0 Å². The van der Waals surface area contributed by atoms with Gasteiger partial charge in [-0.2, -0.15) is 0 Å². The molecule has 0 unspecified atom stereocenters. The molecular formula is C17H15Cl2N3O5. The number of imide groups is 1. The number of nitrogens with zero attached hydrogens (tertiary/aromatic N) is 1. The molecule has 0 atom stereocenters. The van der Waals surface area contributed by atoms with Crippen LogP contribution in [0, 0.1) is 10.1 Å². The van der Waals surface area contributed by atoms with Gasteiger partial charge in [0.25, 0.3) is 5.91 Å². The number of rotatable bonds is 5. The fourth-order valence-corrected chi connectivity index (χ4v) is 2.58. The third-order valence-electron chi connectivity index (χ3n) is 3.13. The van der Waals surface area contributed by atoms with Gasteiger partial charge in [0.05, 0.1) is 4.92 Å². The van der Waals surface area contributed by atoms with Gasteiger partial charge >= 0.3 is 11.7 Å². The van der Waals surface area contributed by atoms with E-state index in [0.717, 1.165) is 6.07 Å². The Bertz CT molecular complexity index is 882. The molecule has 2 N–H and O–H groups in total. The summed E-state index contributed by atoms with van der Waals surface area (Å²) >= 11 is 11.8. The average Bonchev–Trinajstić information content (AvgIpc) is 2.52. The molecule has 2 rings (SSSR count). The highest BCUT2D eigenvalue weighted by Crippen LogP contribution is 2.34. The van der Waals surface area contributed by atoms with E-state index in [9.17, 15) is 19.7 Å². The first-order valence-corrected chi connectivity index (χ1v) is 8.45. The molecule has 0 aliphatic heterocycles. The Labute approximate surface area is 164 Å². The molecule has 142 valence electrons. The first-order chi connectivity index (χ1) is 12.7. The van der Waals surface area contributed by atoms with Crippen molar-refractivity contribution in [1.82, 2.24) is 10.6 Å². The van der Waals surface area contributed by atoms with E-state index in [-0.39, 0.29) is 23.1 Å².